The zero-order valence-corrected chi connectivity index (χ0v) is 16.5. The molecule has 0 saturated carbocycles. The molecule has 0 aliphatic carbocycles. The minimum atomic E-state index is -0.488. The van der Waals surface area contributed by atoms with Crippen LogP contribution in [0.25, 0.3) is 0 Å². The van der Waals surface area contributed by atoms with Crippen LogP contribution in [0.4, 0.5) is 22.7 Å². The van der Waals surface area contributed by atoms with Gasteiger partial charge in [-0.15, -0.1) is 0 Å². The largest absolute Gasteiger partial charge is 0.374 e. The molecule has 0 amide bonds. The molecule has 0 bridgehead atoms. The van der Waals surface area contributed by atoms with Crippen LogP contribution < -0.4 is 26.4 Å². The molecule has 1 aliphatic heterocycles. The van der Waals surface area contributed by atoms with Gasteiger partial charge in [-0.1, -0.05) is 6.07 Å². The Balaban J connectivity index is 1.48. The van der Waals surface area contributed by atoms with Crippen molar-refractivity contribution in [3.8, 4) is 0 Å². The van der Waals surface area contributed by atoms with Gasteiger partial charge in [0.15, 0.2) is 0 Å². The molecule has 6 nitrogen and oxygen atoms in total. The van der Waals surface area contributed by atoms with E-state index in [0.717, 1.165) is 41.5 Å². The van der Waals surface area contributed by atoms with Crippen LogP contribution >= 0.6 is 11.8 Å². The predicted molar refractivity (Wildman–Crippen MR) is 117 cm³/mol. The topological polar surface area (TPSA) is 74.3 Å². The van der Waals surface area contributed by atoms with Gasteiger partial charge in [0.1, 0.15) is 11.4 Å². The number of anilines is 4. The van der Waals surface area contributed by atoms with Crippen LogP contribution in [0.2, 0.25) is 0 Å². The van der Waals surface area contributed by atoms with E-state index in [4.69, 9.17) is 0 Å². The second-order valence-corrected chi connectivity index (χ2v) is 8.03. The molecule has 144 valence electrons. The maximum absolute atomic E-state index is 12.1. The first-order valence-electron chi connectivity index (χ1n) is 9.31. The Kier molecular flexibility index (Phi) is 5.34. The lowest BCUT2D eigenvalue weighted by Gasteiger charge is -2.30. The molecular weight excluding hydrogens is 372 g/mol. The van der Waals surface area contributed by atoms with Crippen molar-refractivity contribution < 1.29 is 0 Å². The van der Waals surface area contributed by atoms with Gasteiger partial charge < -0.3 is 15.5 Å². The van der Waals surface area contributed by atoms with Gasteiger partial charge in [-0.2, -0.15) is 11.8 Å². The lowest BCUT2D eigenvalue weighted by molar-refractivity contribution is 0.854. The van der Waals surface area contributed by atoms with E-state index in [1.165, 1.54) is 5.69 Å². The fraction of sp³-hybridized carbons (Fsp3) is 0.286. The quantitative estimate of drug-likeness (QED) is 0.623. The smallest absolute Gasteiger partial charge is 0.253 e. The highest BCUT2D eigenvalue weighted by molar-refractivity contribution is 7.99. The highest BCUT2D eigenvalue weighted by atomic mass is 32.2. The van der Waals surface area contributed by atoms with Gasteiger partial charge in [0.25, 0.3) is 10.9 Å². The van der Waals surface area contributed by atoms with Crippen LogP contribution in [-0.4, -0.2) is 29.6 Å². The Morgan fingerprint density at radius 3 is 2.57 bits per heavy atom. The molecule has 2 aromatic carbocycles. The van der Waals surface area contributed by atoms with Crippen molar-refractivity contribution >= 4 is 34.5 Å². The third kappa shape index (κ3) is 3.75. The fourth-order valence-corrected chi connectivity index (χ4v) is 4.30. The Labute approximate surface area is 167 Å². The number of hydrogen-bond acceptors (Lipinski definition) is 7. The van der Waals surface area contributed by atoms with Crippen LogP contribution in [0.15, 0.2) is 52.2 Å². The number of hydrogen-bond donors (Lipinski definition) is 2. The zero-order chi connectivity index (χ0) is 19.5. The van der Waals surface area contributed by atoms with E-state index in [1.54, 1.807) is 6.20 Å². The molecule has 1 fully saturated rings. The number of aryl methyl sites for hydroxylation is 1. The molecule has 1 aliphatic rings. The van der Waals surface area contributed by atoms with E-state index in [9.17, 15) is 9.59 Å². The van der Waals surface area contributed by atoms with Crippen molar-refractivity contribution in [2.75, 3.05) is 40.1 Å². The standard InChI is InChI=1S/C21H22N4O2S/c1-14-12-15(5-6-17(14)25-8-10-28-11-9-25)24-19-18(20(26)21(19)27)23-13-16-4-2-3-7-22-16/h2-7,12,23-24H,8-11,13H2,1H3. The van der Waals surface area contributed by atoms with Crippen LogP contribution in [0, 0.1) is 6.92 Å². The Hall–Kier alpha value is -2.80. The van der Waals surface area contributed by atoms with Gasteiger partial charge in [-0.3, -0.25) is 14.6 Å². The van der Waals surface area contributed by atoms with E-state index in [-0.39, 0.29) is 0 Å². The minimum absolute atomic E-state index is 0.322. The van der Waals surface area contributed by atoms with E-state index in [0.29, 0.717) is 17.9 Å². The Morgan fingerprint density at radius 2 is 1.86 bits per heavy atom. The third-order valence-corrected chi connectivity index (χ3v) is 5.84. The number of thioether (sulfide) groups is 1. The Morgan fingerprint density at radius 1 is 1.07 bits per heavy atom. The summed E-state index contributed by atoms with van der Waals surface area (Å²) in [6, 6.07) is 11.7. The number of nitrogens with one attached hydrogen (secondary N) is 2. The first-order chi connectivity index (χ1) is 13.6. The number of aromatic nitrogens is 1. The second-order valence-electron chi connectivity index (χ2n) is 6.81. The highest BCUT2D eigenvalue weighted by Crippen LogP contribution is 2.28. The molecular formula is C21H22N4O2S. The molecule has 0 spiro atoms. The molecule has 2 N–H and O–H groups in total. The minimum Gasteiger partial charge on any atom is -0.374 e. The second kappa shape index (κ2) is 8.06. The van der Waals surface area contributed by atoms with Gasteiger partial charge in [-0.25, -0.2) is 0 Å². The summed E-state index contributed by atoms with van der Waals surface area (Å²) in [4.78, 5) is 30.6. The number of benzene rings is 1. The maximum atomic E-state index is 12.1. The molecule has 3 aromatic rings. The van der Waals surface area contributed by atoms with Crippen molar-refractivity contribution in [3.05, 3.63) is 74.3 Å². The highest BCUT2D eigenvalue weighted by Gasteiger charge is 2.21. The van der Waals surface area contributed by atoms with E-state index in [2.05, 4.69) is 33.5 Å². The van der Waals surface area contributed by atoms with Crippen molar-refractivity contribution in [1.82, 2.24) is 4.98 Å². The SMILES string of the molecule is Cc1cc(Nc2c(NCc3ccccn3)c(=O)c2=O)ccc1N1CCSCC1. The molecule has 1 aromatic heterocycles. The number of pyridine rings is 1. The summed E-state index contributed by atoms with van der Waals surface area (Å²) < 4.78 is 0. The zero-order valence-electron chi connectivity index (χ0n) is 15.7. The summed E-state index contributed by atoms with van der Waals surface area (Å²) in [7, 11) is 0. The van der Waals surface area contributed by atoms with Gasteiger partial charge in [0.2, 0.25) is 0 Å². The molecule has 2 heterocycles. The average Bonchev–Trinajstić information content (AvgIpc) is 2.74. The maximum Gasteiger partial charge on any atom is 0.253 e. The molecule has 28 heavy (non-hydrogen) atoms. The van der Waals surface area contributed by atoms with Crippen molar-refractivity contribution in [2.24, 2.45) is 0 Å². The summed E-state index contributed by atoms with van der Waals surface area (Å²) >= 11 is 1.98. The Bertz CT molecular complexity index is 1040. The average molecular weight is 395 g/mol. The van der Waals surface area contributed by atoms with E-state index in [1.807, 2.05) is 42.1 Å². The lowest BCUT2D eigenvalue weighted by Crippen LogP contribution is -2.36. The van der Waals surface area contributed by atoms with Crippen molar-refractivity contribution in [1.29, 1.82) is 0 Å². The summed E-state index contributed by atoms with van der Waals surface area (Å²) in [6.07, 6.45) is 1.70. The normalized spacial score (nSPS) is 14.2. The van der Waals surface area contributed by atoms with Gasteiger partial charge in [0.05, 0.1) is 12.2 Å². The van der Waals surface area contributed by atoms with Gasteiger partial charge in [-0.05, 0) is 42.8 Å². The lowest BCUT2D eigenvalue weighted by atomic mass is 10.1. The first kappa shape index (κ1) is 18.6. The van der Waals surface area contributed by atoms with Crippen molar-refractivity contribution in [3.63, 3.8) is 0 Å². The molecule has 1 saturated heterocycles. The summed E-state index contributed by atoms with van der Waals surface area (Å²) in [5, 5.41) is 6.16. The van der Waals surface area contributed by atoms with Crippen LogP contribution in [0.5, 0.6) is 0 Å². The van der Waals surface area contributed by atoms with Crippen LogP contribution in [0.1, 0.15) is 11.3 Å². The first-order valence-corrected chi connectivity index (χ1v) is 10.5. The molecule has 4 rings (SSSR count). The fourth-order valence-electron chi connectivity index (χ4n) is 3.40. The predicted octanol–water partition coefficient (Wildman–Crippen LogP) is 2.89. The molecule has 7 heteroatoms. The van der Waals surface area contributed by atoms with Crippen molar-refractivity contribution in [2.45, 2.75) is 13.5 Å². The van der Waals surface area contributed by atoms with Crippen LogP contribution in [0.3, 0.4) is 0 Å². The monoisotopic (exact) mass is 394 g/mol. The summed E-state index contributed by atoms with van der Waals surface area (Å²) in [5.74, 6) is 2.29. The van der Waals surface area contributed by atoms with Gasteiger partial charge in [0, 0.05) is 42.2 Å². The number of rotatable bonds is 6. The molecule has 0 radical (unpaired) electrons. The van der Waals surface area contributed by atoms with Gasteiger partial charge >= 0.3 is 0 Å². The summed E-state index contributed by atoms with van der Waals surface area (Å²) in [6.45, 7) is 4.58. The third-order valence-electron chi connectivity index (χ3n) is 4.90. The molecule has 0 atom stereocenters. The van der Waals surface area contributed by atoms with E-state index >= 15 is 0 Å². The van der Waals surface area contributed by atoms with Crippen LogP contribution in [-0.2, 0) is 6.54 Å². The van der Waals surface area contributed by atoms with E-state index < -0.39 is 10.9 Å². The summed E-state index contributed by atoms with van der Waals surface area (Å²) in [5.41, 5.74) is 3.66. The molecule has 0 unspecified atom stereocenters. The number of nitrogens with zero attached hydrogens (tertiary/aromatic N) is 2.